The Morgan fingerprint density at radius 2 is 1.93 bits per heavy atom. The zero-order chi connectivity index (χ0) is 22.1. The van der Waals surface area contributed by atoms with Crippen molar-refractivity contribution < 1.29 is 22.7 Å². The smallest absolute Gasteiger partial charge is 0.335 e. The molecule has 30 heavy (non-hydrogen) atoms. The standard InChI is InChI=1S/C16H18ClN7O5S/c1-8(2)29-11-6-5-10-19-13(17)14(24(10)22-11)30(26,27)23-16(25)21-15-18-9(3)7-12(20-15)28-4/h5-8H,1-4H3,(H2,18,20,21,23,25). The SMILES string of the molecule is COc1cc(C)nc(NC(=O)NS(=O)(=O)c2c(Cl)nc3ccc(OC(C)C)nn23)n1. The molecule has 2 amide bonds. The van der Waals surface area contributed by atoms with E-state index in [-0.39, 0.29) is 34.6 Å². The van der Waals surface area contributed by atoms with E-state index in [1.807, 2.05) is 4.72 Å². The van der Waals surface area contributed by atoms with Gasteiger partial charge >= 0.3 is 6.03 Å². The zero-order valence-corrected chi connectivity index (χ0v) is 17.9. The molecule has 0 saturated carbocycles. The van der Waals surface area contributed by atoms with Gasteiger partial charge in [0.2, 0.25) is 22.7 Å². The van der Waals surface area contributed by atoms with Crippen LogP contribution < -0.4 is 19.5 Å². The Hall–Kier alpha value is -3.19. The monoisotopic (exact) mass is 455 g/mol. The molecule has 160 valence electrons. The first-order valence-electron chi connectivity index (χ1n) is 8.54. The Bertz CT molecular complexity index is 1210. The fourth-order valence-electron chi connectivity index (χ4n) is 2.40. The number of ether oxygens (including phenoxy) is 2. The van der Waals surface area contributed by atoms with Crippen molar-refractivity contribution in [3.63, 3.8) is 0 Å². The number of urea groups is 1. The van der Waals surface area contributed by atoms with Crippen LogP contribution in [-0.4, -0.2) is 52.2 Å². The summed E-state index contributed by atoms with van der Waals surface area (Å²) in [5, 5.41) is 5.43. The number of amides is 2. The molecule has 0 fully saturated rings. The maximum Gasteiger partial charge on any atom is 0.335 e. The number of carbonyl (C=O) groups excluding carboxylic acids is 1. The number of aromatic nitrogens is 5. The number of hydrogen-bond donors (Lipinski definition) is 2. The molecule has 3 aromatic heterocycles. The number of carbonyl (C=O) groups is 1. The van der Waals surface area contributed by atoms with Crippen LogP contribution in [0.1, 0.15) is 19.5 Å². The third-order valence-electron chi connectivity index (χ3n) is 3.48. The quantitative estimate of drug-likeness (QED) is 0.566. The van der Waals surface area contributed by atoms with Crippen LogP contribution in [0.3, 0.4) is 0 Å². The summed E-state index contributed by atoms with van der Waals surface area (Å²) in [5.41, 5.74) is 0.662. The summed E-state index contributed by atoms with van der Waals surface area (Å²) in [6.07, 6.45) is -0.191. The van der Waals surface area contributed by atoms with Crippen LogP contribution in [0.4, 0.5) is 10.7 Å². The van der Waals surface area contributed by atoms with Gasteiger partial charge < -0.3 is 9.47 Å². The first-order valence-corrected chi connectivity index (χ1v) is 10.4. The van der Waals surface area contributed by atoms with Gasteiger partial charge in [-0.3, -0.25) is 5.32 Å². The van der Waals surface area contributed by atoms with Gasteiger partial charge in [0.25, 0.3) is 10.0 Å². The second-order valence-electron chi connectivity index (χ2n) is 6.25. The molecule has 2 N–H and O–H groups in total. The predicted molar refractivity (Wildman–Crippen MR) is 106 cm³/mol. The summed E-state index contributed by atoms with van der Waals surface area (Å²) in [7, 11) is -3.07. The van der Waals surface area contributed by atoms with E-state index < -0.39 is 21.1 Å². The van der Waals surface area contributed by atoms with Crippen molar-refractivity contribution >= 4 is 39.3 Å². The number of imidazole rings is 1. The summed E-state index contributed by atoms with van der Waals surface area (Å²) in [6.45, 7) is 5.24. The molecule has 0 aromatic carbocycles. The first kappa shape index (κ1) is 21.5. The lowest BCUT2D eigenvalue weighted by molar-refractivity contribution is 0.228. The van der Waals surface area contributed by atoms with Gasteiger partial charge in [-0.25, -0.2) is 19.5 Å². The Morgan fingerprint density at radius 1 is 1.20 bits per heavy atom. The molecule has 3 aromatic rings. The summed E-state index contributed by atoms with van der Waals surface area (Å²) in [6, 6.07) is 3.45. The van der Waals surface area contributed by atoms with Crippen molar-refractivity contribution in [3.8, 4) is 11.8 Å². The van der Waals surface area contributed by atoms with E-state index >= 15 is 0 Å². The number of halogens is 1. The topological polar surface area (TPSA) is 150 Å². The second-order valence-corrected chi connectivity index (χ2v) is 8.21. The van der Waals surface area contributed by atoms with Crippen LogP contribution in [-0.2, 0) is 10.0 Å². The number of nitrogens with one attached hydrogen (secondary N) is 2. The van der Waals surface area contributed by atoms with Crippen molar-refractivity contribution in [3.05, 3.63) is 29.0 Å². The molecule has 0 atom stereocenters. The number of hydrogen-bond acceptors (Lipinski definition) is 9. The molecule has 0 bridgehead atoms. The van der Waals surface area contributed by atoms with Crippen LogP contribution in [0.15, 0.2) is 23.2 Å². The summed E-state index contributed by atoms with van der Waals surface area (Å²) < 4.78 is 38.8. The highest BCUT2D eigenvalue weighted by atomic mass is 35.5. The van der Waals surface area contributed by atoms with Crippen LogP contribution in [0.25, 0.3) is 5.65 Å². The highest BCUT2D eigenvalue weighted by molar-refractivity contribution is 7.90. The summed E-state index contributed by atoms with van der Waals surface area (Å²) in [5.74, 6) is 0.217. The van der Waals surface area contributed by atoms with E-state index in [0.29, 0.717) is 5.69 Å². The molecule has 3 rings (SSSR count). The highest BCUT2D eigenvalue weighted by Gasteiger charge is 2.28. The third-order valence-corrected chi connectivity index (χ3v) is 5.18. The number of nitrogens with zero attached hydrogens (tertiary/aromatic N) is 5. The average molecular weight is 456 g/mol. The molecule has 3 heterocycles. The van der Waals surface area contributed by atoms with Gasteiger partial charge in [0.1, 0.15) is 0 Å². The van der Waals surface area contributed by atoms with Crippen LogP contribution >= 0.6 is 11.6 Å². The van der Waals surface area contributed by atoms with E-state index in [1.165, 1.54) is 19.2 Å². The fourth-order valence-corrected chi connectivity index (χ4v) is 3.89. The molecule has 0 aliphatic heterocycles. The van der Waals surface area contributed by atoms with E-state index in [4.69, 9.17) is 21.1 Å². The lowest BCUT2D eigenvalue weighted by Crippen LogP contribution is -2.35. The van der Waals surface area contributed by atoms with Gasteiger partial charge in [0, 0.05) is 17.8 Å². The molecular formula is C16H18ClN7O5S. The molecule has 14 heteroatoms. The second kappa shape index (κ2) is 8.28. The lowest BCUT2D eigenvalue weighted by atomic mass is 10.4. The van der Waals surface area contributed by atoms with Crippen molar-refractivity contribution in [2.75, 3.05) is 12.4 Å². The maximum atomic E-state index is 12.8. The van der Waals surface area contributed by atoms with Crippen LogP contribution in [0.5, 0.6) is 11.8 Å². The van der Waals surface area contributed by atoms with E-state index in [2.05, 4.69) is 25.4 Å². The normalized spacial score (nSPS) is 11.5. The number of rotatable bonds is 6. The number of sulfonamides is 1. The predicted octanol–water partition coefficient (Wildman–Crippen LogP) is 1.79. The number of aryl methyl sites for hydroxylation is 1. The van der Waals surface area contributed by atoms with Gasteiger partial charge in [-0.1, -0.05) is 11.6 Å². The van der Waals surface area contributed by atoms with E-state index in [1.54, 1.807) is 26.8 Å². The Morgan fingerprint density at radius 3 is 2.60 bits per heavy atom. The highest BCUT2D eigenvalue weighted by Crippen LogP contribution is 2.23. The van der Waals surface area contributed by atoms with Gasteiger partial charge in [0.05, 0.1) is 13.2 Å². The molecule has 12 nitrogen and oxygen atoms in total. The minimum Gasteiger partial charge on any atom is -0.481 e. The first-order chi connectivity index (χ1) is 14.1. The van der Waals surface area contributed by atoms with Crippen molar-refractivity contribution in [1.82, 2.24) is 29.3 Å². The summed E-state index contributed by atoms with van der Waals surface area (Å²) in [4.78, 5) is 24.1. The van der Waals surface area contributed by atoms with Gasteiger partial charge in [-0.2, -0.15) is 17.9 Å². The number of anilines is 1. The maximum absolute atomic E-state index is 12.8. The van der Waals surface area contributed by atoms with Gasteiger partial charge in [-0.05, 0) is 26.8 Å². The number of methoxy groups -OCH3 is 1. The Labute approximate surface area is 176 Å². The molecule has 0 aliphatic carbocycles. The molecule has 0 saturated heterocycles. The minimum absolute atomic E-state index is 0.144. The van der Waals surface area contributed by atoms with Crippen molar-refractivity contribution in [1.29, 1.82) is 0 Å². The fraction of sp³-hybridized carbons (Fsp3) is 0.312. The zero-order valence-electron chi connectivity index (χ0n) is 16.4. The molecular weight excluding hydrogens is 438 g/mol. The van der Waals surface area contributed by atoms with Crippen molar-refractivity contribution in [2.24, 2.45) is 0 Å². The molecule has 0 spiro atoms. The minimum atomic E-state index is -4.46. The van der Waals surface area contributed by atoms with Crippen molar-refractivity contribution in [2.45, 2.75) is 31.9 Å². The van der Waals surface area contributed by atoms with Gasteiger partial charge in [0.15, 0.2) is 10.8 Å². The summed E-state index contributed by atoms with van der Waals surface area (Å²) >= 11 is 6.01. The number of fused-ring (bicyclic) bond motifs is 1. The van der Waals surface area contributed by atoms with Crippen LogP contribution in [0.2, 0.25) is 5.15 Å². The third kappa shape index (κ3) is 4.68. The van der Waals surface area contributed by atoms with Gasteiger partial charge in [-0.15, -0.1) is 5.10 Å². The molecule has 0 radical (unpaired) electrons. The Kier molecular flexibility index (Phi) is 5.94. The molecule has 0 unspecified atom stereocenters. The average Bonchev–Trinajstić information content (AvgIpc) is 2.95. The largest absolute Gasteiger partial charge is 0.481 e. The molecule has 0 aliphatic rings. The van der Waals surface area contributed by atoms with Crippen LogP contribution in [0, 0.1) is 6.92 Å². The van der Waals surface area contributed by atoms with E-state index in [9.17, 15) is 13.2 Å². The Balaban J connectivity index is 1.89. The lowest BCUT2D eigenvalue weighted by Gasteiger charge is -2.10. The van der Waals surface area contributed by atoms with E-state index in [0.717, 1.165) is 4.52 Å².